The monoisotopic (exact) mass is 263 g/mol. The minimum absolute atomic E-state index is 0.0564. The standard InChI is InChI=1S/C11H21NO4S/c12-11(9-3-5-15-6-9)8-17(13,14)7-10-2-1-4-16-10/h9-11H,1-8,12H2. The van der Waals surface area contributed by atoms with Crippen LogP contribution in [0.1, 0.15) is 19.3 Å². The molecule has 0 spiro atoms. The van der Waals surface area contributed by atoms with Crippen molar-refractivity contribution in [3.05, 3.63) is 0 Å². The molecule has 0 amide bonds. The minimum Gasteiger partial charge on any atom is -0.381 e. The molecule has 2 heterocycles. The normalized spacial score (nSPS) is 31.8. The average Bonchev–Trinajstić information content (AvgIpc) is 2.85. The third-order valence-corrected chi connectivity index (χ3v) is 5.25. The molecule has 17 heavy (non-hydrogen) atoms. The molecule has 5 nitrogen and oxygen atoms in total. The predicted molar refractivity (Wildman–Crippen MR) is 64.5 cm³/mol. The van der Waals surface area contributed by atoms with E-state index in [4.69, 9.17) is 15.2 Å². The molecule has 2 aliphatic heterocycles. The Morgan fingerprint density at radius 3 is 2.71 bits per heavy atom. The van der Waals surface area contributed by atoms with Crippen molar-refractivity contribution in [3.8, 4) is 0 Å². The van der Waals surface area contributed by atoms with E-state index in [9.17, 15) is 8.42 Å². The van der Waals surface area contributed by atoms with E-state index in [1.165, 1.54) is 0 Å². The Balaban J connectivity index is 1.82. The van der Waals surface area contributed by atoms with Gasteiger partial charge in [-0.15, -0.1) is 0 Å². The van der Waals surface area contributed by atoms with E-state index in [0.29, 0.717) is 19.8 Å². The molecule has 0 radical (unpaired) electrons. The van der Waals surface area contributed by atoms with Crippen LogP contribution in [-0.4, -0.2) is 51.9 Å². The van der Waals surface area contributed by atoms with Crippen LogP contribution in [0, 0.1) is 5.92 Å². The molecule has 3 atom stereocenters. The molecule has 3 unspecified atom stereocenters. The average molecular weight is 263 g/mol. The third-order valence-electron chi connectivity index (χ3n) is 3.48. The van der Waals surface area contributed by atoms with Crippen LogP contribution in [0.5, 0.6) is 0 Å². The highest BCUT2D eigenvalue weighted by atomic mass is 32.2. The molecule has 100 valence electrons. The fraction of sp³-hybridized carbons (Fsp3) is 1.00. The Morgan fingerprint density at radius 2 is 2.12 bits per heavy atom. The summed E-state index contributed by atoms with van der Waals surface area (Å²) in [5.74, 6) is 0.365. The van der Waals surface area contributed by atoms with Crippen LogP contribution in [0.3, 0.4) is 0 Å². The van der Waals surface area contributed by atoms with Crippen molar-refractivity contribution in [1.29, 1.82) is 0 Å². The molecule has 2 aliphatic rings. The summed E-state index contributed by atoms with van der Waals surface area (Å²) in [4.78, 5) is 0. The van der Waals surface area contributed by atoms with Gasteiger partial charge in [0.1, 0.15) is 0 Å². The molecule has 0 saturated carbocycles. The van der Waals surface area contributed by atoms with Gasteiger partial charge in [-0.05, 0) is 19.3 Å². The van der Waals surface area contributed by atoms with Gasteiger partial charge in [-0.2, -0.15) is 0 Å². The summed E-state index contributed by atoms with van der Waals surface area (Å²) in [6.07, 6.45) is 2.56. The smallest absolute Gasteiger partial charge is 0.154 e. The van der Waals surface area contributed by atoms with Crippen LogP contribution in [0.15, 0.2) is 0 Å². The summed E-state index contributed by atoms with van der Waals surface area (Å²) in [7, 11) is -3.11. The lowest BCUT2D eigenvalue weighted by Crippen LogP contribution is -2.39. The van der Waals surface area contributed by atoms with Crippen molar-refractivity contribution in [2.75, 3.05) is 31.3 Å². The zero-order valence-corrected chi connectivity index (χ0v) is 10.8. The van der Waals surface area contributed by atoms with E-state index < -0.39 is 9.84 Å². The largest absolute Gasteiger partial charge is 0.381 e. The van der Waals surface area contributed by atoms with Crippen LogP contribution >= 0.6 is 0 Å². The van der Waals surface area contributed by atoms with Gasteiger partial charge < -0.3 is 15.2 Å². The van der Waals surface area contributed by atoms with Gasteiger partial charge in [0.15, 0.2) is 9.84 Å². The van der Waals surface area contributed by atoms with Gasteiger partial charge in [0.25, 0.3) is 0 Å². The minimum atomic E-state index is -3.11. The maximum Gasteiger partial charge on any atom is 0.154 e. The first-order chi connectivity index (χ1) is 8.07. The lowest BCUT2D eigenvalue weighted by molar-refractivity contribution is 0.127. The number of hydrogen-bond donors (Lipinski definition) is 1. The molecule has 6 heteroatoms. The van der Waals surface area contributed by atoms with Crippen molar-refractivity contribution in [3.63, 3.8) is 0 Å². The third kappa shape index (κ3) is 3.91. The number of hydrogen-bond acceptors (Lipinski definition) is 5. The highest BCUT2D eigenvalue weighted by molar-refractivity contribution is 7.91. The summed E-state index contributed by atoms with van der Waals surface area (Å²) >= 11 is 0. The van der Waals surface area contributed by atoms with Crippen LogP contribution in [0.4, 0.5) is 0 Å². The highest BCUT2D eigenvalue weighted by Crippen LogP contribution is 2.19. The van der Waals surface area contributed by atoms with Crippen LogP contribution in [0.2, 0.25) is 0 Å². The number of nitrogens with two attached hydrogens (primary N) is 1. The van der Waals surface area contributed by atoms with E-state index in [2.05, 4.69) is 0 Å². The van der Waals surface area contributed by atoms with E-state index in [1.807, 2.05) is 0 Å². The maximum atomic E-state index is 12.0. The first-order valence-corrected chi connectivity index (χ1v) is 8.04. The number of sulfone groups is 1. The van der Waals surface area contributed by atoms with Crippen LogP contribution in [0.25, 0.3) is 0 Å². The van der Waals surface area contributed by atoms with Crippen molar-refractivity contribution in [2.45, 2.75) is 31.4 Å². The zero-order valence-electron chi connectivity index (χ0n) is 10.0. The molecule has 2 saturated heterocycles. The van der Waals surface area contributed by atoms with Crippen molar-refractivity contribution >= 4 is 9.84 Å². The Morgan fingerprint density at radius 1 is 1.29 bits per heavy atom. The van der Waals surface area contributed by atoms with E-state index in [1.54, 1.807) is 0 Å². The molecule has 0 bridgehead atoms. The van der Waals surface area contributed by atoms with Crippen molar-refractivity contribution in [1.82, 2.24) is 0 Å². The second-order valence-corrected chi connectivity index (χ2v) is 7.15. The molecule has 2 fully saturated rings. The molecule has 2 rings (SSSR count). The summed E-state index contributed by atoms with van der Waals surface area (Å²) in [5.41, 5.74) is 5.94. The summed E-state index contributed by atoms with van der Waals surface area (Å²) in [6.45, 7) is 1.98. The Bertz CT molecular complexity index is 331. The predicted octanol–water partition coefficient (Wildman–Crippen LogP) is -0.0560. The van der Waals surface area contributed by atoms with Gasteiger partial charge >= 0.3 is 0 Å². The van der Waals surface area contributed by atoms with E-state index >= 15 is 0 Å². The molecule has 2 N–H and O–H groups in total. The Kier molecular flexibility index (Phi) is 4.41. The Labute approximate surface area is 103 Å². The van der Waals surface area contributed by atoms with Gasteiger partial charge in [0.2, 0.25) is 0 Å². The lowest BCUT2D eigenvalue weighted by atomic mass is 10.0. The maximum absolute atomic E-state index is 12.0. The number of rotatable bonds is 5. The van der Waals surface area contributed by atoms with Gasteiger partial charge in [0, 0.05) is 25.2 Å². The van der Waals surface area contributed by atoms with Crippen LogP contribution in [-0.2, 0) is 19.3 Å². The molecular formula is C11H21NO4S. The second-order valence-electron chi connectivity index (χ2n) is 5.00. The summed E-state index contributed by atoms with van der Waals surface area (Å²) < 4.78 is 34.5. The molecule has 0 aromatic heterocycles. The number of ether oxygens (including phenoxy) is 2. The summed E-state index contributed by atoms with van der Waals surface area (Å²) in [5, 5.41) is 0. The molecular weight excluding hydrogens is 242 g/mol. The summed E-state index contributed by atoms with van der Waals surface area (Å²) in [6, 6.07) is -0.302. The first-order valence-electron chi connectivity index (χ1n) is 6.22. The van der Waals surface area contributed by atoms with Gasteiger partial charge in [0.05, 0.1) is 24.2 Å². The highest BCUT2D eigenvalue weighted by Gasteiger charge is 2.29. The quantitative estimate of drug-likeness (QED) is 0.752. The lowest BCUT2D eigenvalue weighted by Gasteiger charge is -2.18. The molecule has 0 aromatic rings. The fourth-order valence-corrected chi connectivity index (χ4v) is 4.27. The fourth-order valence-electron chi connectivity index (χ4n) is 2.45. The van der Waals surface area contributed by atoms with Crippen molar-refractivity contribution in [2.24, 2.45) is 11.7 Å². The zero-order chi connectivity index (χ0) is 12.3. The first kappa shape index (κ1) is 13.3. The molecule has 0 aromatic carbocycles. The van der Waals surface area contributed by atoms with Crippen molar-refractivity contribution < 1.29 is 17.9 Å². The Hall–Kier alpha value is -0.170. The second kappa shape index (κ2) is 5.65. The topological polar surface area (TPSA) is 78.6 Å². The van der Waals surface area contributed by atoms with E-state index in [0.717, 1.165) is 19.3 Å². The SMILES string of the molecule is NC(CS(=O)(=O)CC1CCCO1)C1CCOC1. The van der Waals surface area contributed by atoms with Gasteiger partial charge in [-0.1, -0.05) is 0 Å². The molecule has 0 aliphatic carbocycles. The van der Waals surface area contributed by atoms with Crippen LogP contribution < -0.4 is 5.73 Å². The van der Waals surface area contributed by atoms with Gasteiger partial charge in [-0.3, -0.25) is 0 Å². The van der Waals surface area contributed by atoms with Gasteiger partial charge in [-0.25, -0.2) is 8.42 Å². The van der Waals surface area contributed by atoms with E-state index in [-0.39, 0.29) is 29.6 Å².